The van der Waals surface area contributed by atoms with Gasteiger partial charge in [0.2, 0.25) is 0 Å². The highest BCUT2D eigenvalue weighted by molar-refractivity contribution is 9.10. The third kappa shape index (κ3) is 3.33. The summed E-state index contributed by atoms with van der Waals surface area (Å²) in [4.78, 5) is 0. The van der Waals surface area contributed by atoms with Gasteiger partial charge in [-0.15, -0.1) is 0 Å². The second-order valence-corrected chi connectivity index (χ2v) is 6.62. The number of aromatic nitrogens is 2. The van der Waals surface area contributed by atoms with Crippen LogP contribution in [0.3, 0.4) is 0 Å². The number of halogens is 2. The van der Waals surface area contributed by atoms with Crippen LogP contribution >= 0.6 is 27.5 Å². The molecule has 0 amide bonds. The van der Waals surface area contributed by atoms with Crippen molar-refractivity contribution in [1.82, 2.24) is 15.1 Å². The van der Waals surface area contributed by atoms with Gasteiger partial charge in [-0.2, -0.15) is 5.10 Å². The van der Waals surface area contributed by atoms with Gasteiger partial charge in [0.05, 0.1) is 22.4 Å². The van der Waals surface area contributed by atoms with Gasteiger partial charge in [0.15, 0.2) is 0 Å². The zero-order valence-corrected chi connectivity index (χ0v) is 15.2. The predicted molar refractivity (Wildman–Crippen MR) is 92.0 cm³/mol. The minimum absolute atomic E-state index is 0.0154. The number of hydrogen-bond acceptors (Lipinski definition) is 2. The van der Waals surface area contributed by atoms with Crippen LogP contribution in [0.4, 0.5) is 0 Å². The minimum atomic E-state index is 0.0154. The molecule has 1 heterocycles. The maximum absolute atomic E-state index is 6.54. The smallest absolute Gasteiger partial charge is 0.0774 e. The molecule has 2 aromatic rings. The third-order valence-corrected chi connectivity index (χ3v) is 4.62. The Morgan fingerprint density at radius 2 is 2.10 bits per heavy atom. The molecule has 0 bridgehead atoms. The number of nitrogens with zero attached hydrogens (tertiary/aromatic N) is 2. The fourth-order valence-electron chi connectivity index (χ4n) is 2.48. The molecule has 0 fully saturated rings. The fraction of sp³-hybridized carbons (Fsp3) is 0.438. The Kier molecular flexibility index (Phi) is 5.47. The van der Waals surface area contributed by atoms with Gasteiger partial charge in [-0.25, -0.2) is 0 Å². The van der Waals surface area contributed by atoms with Crippen LogP contribution in [-0.2, 0) is 0 Å². The van der Waals surface area contributed by atoms with Gasteiger partial charge in [0, 0.05) is 11.1 Å². The van der Waals surface area contributed by atoms with Crippen LogP contribution < -0.4 is 5.32 Å². The Morgan fingerprint density at radius 3 is 2.71 bits per heavy atom. The number of benzene rings is 1. The molecule has 2 rings (SSSR count). The molecule has 0 aliphatic carbocycles. The van der Waals surface area contributed by atoms with Crippen molar-refractivity contribution < 1.29 is 0 Å². The lowest BCUT2D eigenvalue weighted by atomic mass is 10.0. The Balaban J connectivity index is 2.59. The number of rotatable bonds is 5. The first kappa shape index (κ1) is 16.5. The van der Waals surface area contributed by atoms with E-state index in [0.717, 1.165) is 32.9 Å². The molecule has 0 radical (unpaired) electrons. The van der Waals surface area contributed by atoms with E-state index >= 15 is 0 Å². The molecular formula is C16H21BrClN3. The zero-order valence-electron chi connectivity index (χ0n) is 12.8. The summed E-state index contributed by atoms with van der Waals surface area (Å²) < 4.78 is 3.04. The van der Waals surface area contributed by atoms with Crippen molar-refractivity contribution >= 4 is 27.5 Å². The SMILES string of the molecule is CCNC(c1cccc(C)c1Cl)c1c(Br)cnn1C(C)C. The standard InChI is InChI=1S/C16H21BrClN3/c1-5-19-15(12-8-6-7-11(4)14(12)18)16-13(17)9-20-21(16)10(2)3/h6-10,15,19H,5H2,1-4H3. The average Bonchev–Trinajstić information content (AvgIpc) is 2.82. The van der Waals surface area contributed by atoms with Gasteiger partial charge in [-0.05, 0) is 54.4 Å². The van der Waals surface area contributed by atoms with Crippen LogP contribution in [0.2, 0.25) is 5.02 Å². The van der Waals surface area contributed by atoms with Crippen molar-refractivity contribution in [3.63, 3.8) is 0 Å². The Bertz CT molecular complexity index is 622. The lowest BCUT2D eigenvalue weighted by molar-refractivity contribution is 0.475. The molecule has 3 nitrogen and oxygen atoms in total. The largest absolute Gasteiger partial charge is 0.305 e. The molecule has 21 heavy (non-hydrogen) atoms. The zero-order chi connectivity index (χ0) is 15.6. The normalized spacial score (nSPS) is 12.9. The van der Waals surface area contributed by atoms with Crippen LogP contribution in [0.25, 0.3) is 0 Å². The third-order valence-electron chi connectivity index (χ3n) is 3.49. The number of hydrogen-bond donors (Lipinski definition) is 1. The summed E-state index contributed by atoms with van der Waals surface area (Å²) in [5.74, 6) is 0. The van der Waals surface area contributed by atoms with E-state index in [9.17, 15) is 0 Å². The first-order valence-electron chi connectivity index (χ1n) is 7.18. The summed E-state index contributed by atoms with van der Waals surface area (Å²) in [5.41, 5.74) is 3.28. The van der Waals surface area contributed by atoms with Gasteiger partial charge in [0.1, 0.15) is 0 Å². The van der Waals surface area contributed by atoms with E-state index in [4.69, 9.17) is 11.6 Å². The topological polar surface area (TPSA) is 29.9 Å². The number of aryl methyl sites for hydroxylation is 1. The molecule has 0 aliphatic rings. The maximum Gasteiger partial charge on any atom is 0.0774 e. The molecule has 0 aliphatic heterocycles. The highest BCUT2D eigenvalue weighted by atomic mass is 79.9. The van der Waals surface area contributed by atoms with E-state index in [2.05, 4.69) is 53.2 Å². The van der Waals surface area contributed by atoms with E-state index in [0.29, 0.717) is 0 Å². The quantitative estimate of drug-likeness (QED) is 0.812. The predicted octanol–water partition coefficient (Wildman–Crippen LogP) is 4.89. The molecular weight excluding hydrogens is 350 g/mol. The molecule has 1 aromatic carbocycles. The molecule has 114 valence electrons. The van der Waals surface area contributed by atoms with E-state index < -0.39 is 0 Å². The van der Waals surface area contributed by atoms with E-state index in [1.54, 1.807) is 0 Å². The van der Waals surface area contributed by atoms with Crippen molar-refractivity contribution in [3.05, 3.63) is 50.7 Å². The molecule has 0 saturated carbocycles. The van der Waals surface area contributed by atoms with E-state index in [1.165, 1.54) is 0 Å². The van der Waals surface area contributed by atoms with Crippen LogP contribution in [0.15, 0.2) is 28.9 Å². The van der Waals surface area contributed by atoms with Gasteiger partial charge < -0.3 is 5.32 Å². The highest BCUT2D eigenvalue weighted by Crippen LogP contribution is 2.34. The molecule has 5 heteroatoms. The lowest BCUT2D eigenvalue weighted by Crippen LogP contribution is -2.26. The molecule has 1 atom stereocenters. The maximum atomic E-state index is 6.54. The first-order valence-corrected chi connectivity index (χ1v) is 8.35. The fourth-order valence-corrected chi connectivity index (χ4v) is 3.22. The van der Waals surface area contributed by atoms with Crippen LogP contribution in [0.1, 0.15) is 49.7 Å². The number of nitrogens with one attached hydrogen (secondary N) is 1. The van der Waals surface area contributed by atoms with Crippen LogP contribution in [0, 0.1) is 6.92 Å². The van der Waals surface area contributed by atoms with Gasteiger partial charge >= 0.3 is 0 Å². The van der Waals surface area contributed by atoms with Crippen molar-refractivity contribution in [2.45, 2.75) is 39.8 Å². The summed E-state index contributed by atoms with van der Waals surface area (Å²) in [6.45, 7) is 9.24. The summed E-state index contributed by atoms with van der Waals surface area (Å²) in [7, 11) is 0. The van der Waals surface area contributed by atoms with Crippen molar-refractivity contribution in [1.29, 1.82) is 0 Å². The van der Waals surface area contributed by atoms with Gasteiger partial charge in [-0.3, -0.25) is 4.68 Å². The lowest BCUT2D eigenvalue weighted by Gasteiger charge is -2.23. The van der Waals surface area contributed by atoms with Crippen molar-refractivity contribution in [2.75, 3.05) is 6.54 Å². The Morgan fingerprint density at radius 1 is 1.38 bits per heavy atom. The second-order valence-electron chi connectivity index (χ2n) is 5.38. The van der Waals surface area contributed by atoms with E-state index in [-0.39, 0.29) is 12.1 Å². The second kappa shape index (κ2) is 6.95. The summed E-state index contributed by atoms with van der Waals surface area (Å²) in [6.07, 6.45) is 1.85. The van der Waals surface area contributed by atoms with Crippen LogP contribution in [0.5, 0.6) is 0 Å². The Labute approximate surface area is 139 Å². The molecule has 0 spiro atoms. The van der Waals surface area contributed by atoms with Crippen molar-refractivity contribution in [3.8, 4) is 0 Å². The monoisotopic (exact) mass is 369 g/mol. The Hall–Kier alpha value is -0.840. The summed E-state index contributed by atoms with van der Waals surface area (Å²) in [5, 5.41) is 8.82. The molecule has 1 N–H and O–H groups in total. The highest BCUT2D eigenvalue weighted by Gasteiger charge is 2.24. The average molecular weight is 371 g/mol. The molecule has 0 saturated heterocycles. The van der Waals surface area contributed by atoms with Crippen molar-refractivity contribution in [2.24, 2.45) is 0 Å². The first-order chi connectivity index (χ1) is 9.97. The summed E-state index contributed by atoms with van der Waals surface area (Å²) >= 11 is 10.2. The van der Waals surface area contributed by atoms with Gasteiger partial charge in [-0.1, -0.05) is 36.7 Å². The molecule has 1 aromatic heterocycles. The van der Waals surface area contributed by atoms with E-state index in [1.807, 2.05) is 29.9 Å². The minimum Gasteiger partial charge on any atom is -0.305 e. The summed E-state index contributed by atoms with van der Waals surface area (Å²) in [6, 6.07) is 6.46. The molecule has 1 unspecified atom stereocenters. The van der Waals surface area contributed by atoms with Crippen LogP contribution in [-0.4, -0.2) is 16.3 Å². The van der Waals surface area contributed by atoms with Gasteiger partial charge in [0.25, 0.3) is 0 Å².